The maximum Gasteiger partial charge on any atom is 0.152 e. The van der Waals surface area contributed by atoms with Gasteiger partial charge in [-0.15, -0.1) is 0 Å². The number of carbonyl (C=O) groups excluding carboxylic acids is 1. The molecule has 3 atom stereocenters. The first-order valence-electron chi connectivity index (χ1n) is 6.58. The fourth-order valence-electron chi connectivity index (χ4n) is 3.27. The SMILES string of the molecule is NC1CCC2CCCCCCCC2C1=O. The second-order valence-corrected chi connectivity index (χ2v) is 5.30. The second-order valence-electron chi connectivity index (χ2n) is 5.30. The third-order valence-electron chi connectivity index (χ3n) is 4.24. The first-order chi connectivity index (χ1) is 7.29. The Labute approximate surface area is 92.6 Å². The van der Waals surface area contributed by atoms with Gasteiger partial charge >= 0.3 is 0 Å². The van der Waals surface area contributed by atoms with Crippen molar-refractivity contribution >= 4 is 5.78 Å². The maximum absolute atomic E-state index is 12.0. The first-order valence-corrected chi connectivity index (χ1v) is 6.58. The minimum atomic E-state index is -0.146. The van der Waals surface area contributed by atoms with E-state index in [4.69, 9.17) is 5.73 Å². The predicted octanol–water partition coefficient (Wildman–Crippen LogP) is 2.65. The number of nitrogens with two attached hydrogens (primary N) is 1. The van der Waals surface area contributed by atoms with Crippen LogP contribution in [0.15, 0.2) is 0 Å². The van der Waals surface area contributed by atoms with Gasteiger partial charge in [-0.1, -0.05) is 32.1 Å². The quantitative estimate of drug-likeness (QED) is 0.666. The molecule has 0 spiro atoms. The number of fused-ring (bicyclic) bond motifs is 1. The molecule has 0 aliphatic heterocycles. The molecule has 0 aromatic rings. The summed E-state index contributed by atoms with van der Waals surface area (Å²) in [4.78, 5) is 12.0. The lowest BCUT2D eigenvalue weighted by molar-refractivity contribution is -0.128. The summed E-state index contributed by atoms with van der Waals surface area (Å²) in [6, 6.07) is -0.146. The van der Waals surface area contributed by atoms with Gasteiger partial charge in [0.15, 0.2) is 5.78 Å². The molecule has 2 rings (SSSR count). The van der Waals surface area contributed by atoms with Crippen LogP contribution in [0.5, 0.6) is 0 Å². The van der Waals surface area contributed by atoms with Crippen LogP contribution in [0.4, 0.5) is 0 Å². The highest BCUT2D eigenvalue weighted by Crippen LogP contribution is 2.35. The molecule has 2 saturated carbocycles. The van der Waals surface area contributed by atoms with Crippen molar-refractivity contribution in [1.82, 2.24) is 0 Å². The van der Waals surface area contributed by atoms with Gasteiger partial charge in [0, 0.05) is 5.92 Å². The van der Waals surface area contributed by atoms with Crippen LogP contribution in [-0.2, 0) is 4.79 Å². The van der Waals surface area contributed by atoms with Gasteiger partial charge in [-0.05, 0) is 31.6 Å². The van der Waals surface area contributed by atoms with E-state index in [1.807, 2.05) is 0 Å². The normalized spacial score (nSPS) is 38.7. The van der Waals surface area contributed by atoms with Gasteiger partial charge in [-0.3, -0.25) is 4.79 Å². The molecule has 0 radical (unpaired) electrons. The summed E-state index contributed by atoms with van der Waals surface area (Å²) in [6.45, 7) is 0. The summed E-state index contributed by atoms with van der Waals surface area (Å²) in [5, 5.41) is 0. The fourth-order valence-corrected chi connectivity index (χ4v) is 3.27. The molecule has 2 N–H and O–H groups in total. The highest BCUT2D eigenvalue weighted by Gasteiger charge is 2.35. The molecule has 2 aliphatic carbocycles. The minimum absolute atomic E-state index is 0.146. The topological polar surface area (TPSA) is 43.1 Å². The average molecular weight is 209 g/mol. The van der Waals surface area contributed by atoms with Crippen molar-refractivity contribution in [3.05, 3.63) is 0 Å². The highest BCUT2D eigenvalue weighted by atomic mass is 16.1. The molecule has 3 unspecified atom stereocenters. The Balaban J connectivity index is 2.03. The van der Waals surface area contributed by atoms with Crippen LogP contribution in [-0.4, -0.2) is 11.8 Å². The van der Waals surface area contributed by atoms with Crippen LogP contribution in [0.2, 0.25) is 0 Å². The van der Waals surface area contributed by atoms with E-state index in [0.717, 1.165) is 12.8 Å². The Morgan fingerprint density at radius 3 is 2.33 bits per heavy atom. The van der Waals surface area contributed by atoms with Crippen LogP contribution in [0.25, 0.3) is 0 Å². The third-order valence-corrected chi connectivity index (χ3v) is 4.24. The smallest absolute Gasteiger partial charge is 0.152 e. The van der Waals surface area contributed by atoms with E-state index in [1.165, 1.54) is 44.9 Å². The highest BCUT2D eigenvalue weighted by molar-refractivity contribution is 5.87. The lowest BCUT2D eigenvalue weighted by atomic mass is 9.72. The molecule has 0 bridgehead atoms. The van der Waals surface area contributed by atoms with E-state index in [-0.39, 0.29) is 6.04 Å². The summed E-state index contributed by atoms with van der Waals surface area (Å²) in [7, 11) is 0. The minimum Gasteiger partial charge on any atom is -0.321 e. The lowest BCUT2D eigenvalue weighted by Crippen LogP contribution is -2.43. The molecule has 2 nitrogen and oxygen atoms in total. The van der Waals surface area contributed by atoms with Crippen LogP contribution in [0, 0.1) is 11.8 Å². The summed E-state index contributed by atoms with van der Waals surface area (Å²) < 4.78 is 0. The van der Waals surface area contributed by atoms with E-state index >= 15 is 0 Å². The molecule has 2 aliphatic rings. The molecule has 0 saturated heterocycles. The van der Waals surface area contributed by atoms with Crippen molar-refractivity contribution in [2.24, 2.45) is 17.6 Å². The van der Waals surface area contributed by atoms with Crippen molar-refractivity contribution in [1.29, 1.82) is 0 Å². The lowest BCUT2D eigenvalue weighted by Gasteiger charge is -2.33. The van der Waals surface area contributed by atoms with Crippen molar-refractivity contribution in [3.63, 3.8) is 0 Å². The van der Waals surface area contributed by atoms with Gasteiger partial charge in [0.1, 0.15) is 0 Å². The zero-order valence-electron chi connectivity index (χ0n) is 9.58. The van der Waals surface area contributed by atoms with Crippen molar-refractivity contribution in [2.75, 3.05) is 0 Å². The van der Waals surface area contributed by atoms with Gasteiger partial charge < -0.3 is 5.73 Å². The summed E-state index contributed by atoms with van der Waals surface area (Å²) in [5.74, 6) is 1.34. The number of hydrogen-bond donors (Lipinski definition) is 1. The largest absolute Gasteiger partial charge is 0.321 e. The summed E-state index contributed by atoms with van der Waals surface area (Å²) >= 11 is 0. The zero-order chi connectivity index (χ0) is 10.7. The van der Waals surface area contributed by atoms with Crippen molar-refractivity contribution in [3.8, 4) is 0 Å². The van der Waals surface area contributed by atoms with E-state index in [2.05, 4.69) is 0 Å². The maximum atomic E-state index is 12.0. The van der Waals surface area contributed by atoms with Gasteiger partial charge in [0.2, 0.25) is 0 Å². The summed E-state index contributed by atoms with van der Waals surface area (Å²) in [5.41, 5.74) is 5.86. The molecule has 0 heterocycles. The molecule has 86 valence electrons. The van der Waals surface area contributed by atoms with Crippen LogP contribution in [0.1, 0.15) is 57.8 Å². The third kappa shape index (κ3) is 2.60. The Morgan fingerprint density at radius 1 is 0.867 bits per heavy atom. The summed E-state index contributed by atoms with van der Waals surface area (Å²) in [6.07, 6.45) is 11.1. The fraction of sp³-hybridized carbons (Fsp3) is 0.923. The monoisotopic (exact) mass is 209 g/mol. The molecule has 15 heavy (non-hydrogen) atoms. The Morgan fingerprint density at radius 2 is 1.53 bits per heavy atom. The van der Waals surface area contributed by atoms with Gasteiger partial charge in [-0.2, -0.15) is 0 Å². The molecule has 2 heteroatoms. The second kappa shape index (κ2) is 5.11. The molecule has 0 aromatic carbocycles. The predicted molar refractivity (Wildman–Crippen MR) is 61.5 cm³/mol. The van der Waals surface area contributed by atoms with Crippen LogP contribution in [0.3, 0.4) is 0 Å². The number of Topliss-reactive ketones (excluding diaryl/α,β-unsaturated/α-hetero) is 1. The van der Waals surface area contributed by atoms with Gasteiger partial charge in [0.05, 0.1) is 6.04 Å². The van der Waals surface area contributed by atoms with Crippen LogP contribution < -0.4 is 5.73 Å². The number of ketones is 1. The average Bonchev–Trinajstić information content (AvgIpc) is 2.35. The van der Waals surface area contributed by atoms with E-state index in [0.29, 0.717) is 17.6 Å². The van der Waals surface area contributed by atoms with Gasteiger partial charge in [0.25, 0.3) is 0 Å². The number of rotatable bonds is 0. The Kier molecular flexibility index (Phi) is 3.79. The number of carbonyl (C=O) groups is 1. The molecular formula is C13H23NO. The zero-order valence-corrected chi connectivity index (χ0v) is 9.58. The standard InChI is InChI=1S/C13H23NO/c14-12-9-8-10-6-4-2-1-3-5-7-11(10)13(12)15/h10-12H,1-9,14H2. The number of hydrogen-bond acceptors (Lipinski definition) is 2. The Hall–Kier alpha value is -0.370. The van der Waals surface area contributed by atoms with Crippen LogP contribution >= 0.6 is 0 Å². The Bertz CT molecular complexity index is 227. The van der Waals surface area contributed by atoms with Gasteiger partial charge in [-0.25, -0.2) is 0 Å². The van der Waals surface area contributed by atoms with E-state index in [1.54, 1.807) is 0 Å². The molecular weight excluding hydrogens is 186 g/mol. The molecule has 2 fully saturated rings. The van der Waals surface area contributed by atoms with E-state index < -0.39 is 0 Å². The van der Waals surface area contributed by atoms with Crippen molar-refractivity contribution < 1.29 is 4.79 Å². The van der Waals surface area contributed by atoms with Crippen molar-refractivity contribution in [2.45, 2.75) is 63.8 Å². The molecule has 0 amide bonds. The molecule has 0 aromatic heterocycles. The first kappa shape index (κ1) is 11.1. The van der Waals surface area contributed by atoms with E-state index in [9.17, 15) is 4.79 Å².